The van der Waals surface area contributed by atoms with Crippen LogP contribution in [-0.4, -0.2) is 37.4 Å². The standard InChI is InChI=1S/C22H26BrN3/c1-18-8-9-21(19(2)14-18)17-25-10-12-26(13-11-25)24-16-22(23)15-20-6-4-3-5-7-20/h3-9,14-16H,10-13,17H2,1-2H3/p+1/b22-15-,24-16-. The summed E-state index contributed by atoms with van der Waals surface area (Å²) in [7, 11) is 0. The van der Waals surface area contributed by atoms with Crippen LogP contribution < -0.4 is 4.90 Å². The van der Waals surface area contributed by atoms with E-state index in [-0.39, 0.29) is 0 Å². The largest absolute Gasteiger partial charge is 0.328 e. The summed E-state index contributed by atoms with van der Waals surface area (Å²) in [6.07, 6.45) is 3.99. The average molecular weight is 413 g/mol. The predicted molar refractivity (Wildman–Crippen MR) is 114 cm³/mol. The third kappa shape index (κ3) is 5.55. The number of piperazine rings is 1. The van der Waals surface area contributed by atoms with Gasteiger partial charge >= 0.3 is 0 Å². The molecule has 0 saturated carbocycles. The molecule has 0 radical (unpaired) electrons. The zero-order valence-electron chi connectivity index (χ0n) is 15.6. The Morgan fingerprint density at radius 3 is 2.54 bits per heavy atom. The van der Waals surface area contributed by atoms with Gasteiger partial charge < -0.3 is 4.90 Å². The van der Waals surface area contributed by atoms with Gasteiger partial charge in [-0.2, -0.15) is 5.10 Å². The summed E-state index contributed by atoms with van der Waals surface area (Å²) < 4.78 is 0.994. The maximum absolute atomic E-state index is 4.63. The second kappa shape index (κ2) is 9.15. The molecule has 3 rings (SSSR count). The molecule has 1 aliphatic heterocycles. The van der Waals surface area contributed by atoms with Crippen molar-refractivity contribution in [3.05, 3.63) is 75.3 Å². The van der Waals surface area contributed by atoms with Crippen LogP contribution in [-0.2, 0) is 6.54 Å². The van der Waals surface area contributed by atoms with Crippen LogP contribution in [0, 0.1) is 13.8 Å². The molecular weight excluding hydrogens is 386 g/mol. The zero-order valence-corrected chi connectivity index (χ0v) is 17.2. The van der Waals surface area contributed by atoms with Crippen LogP contribution in [0.25, 0.3) is 6.08 Å². The number of hydrogen-bond donors (Lipinski definition) is 1. The molecule has 0 aromatic heterocycles. The van der Waals surface area contributed by atoms with Crippen molar-refractivity contribution in [2.24, 2.45) is 5.10 Å². The van der Waals surface area contributed by atoms with Gasteiger partial charge in [-0.25, -0.2) is 0 Å². The lowest BCUT2D eigenvalue weighted by molar-refractivity contribution is -0.918. The second-order valence-electron chi connectivity index (χ2n) is 6.99. The molecule has 0 aliphatic carbocycles. The van der Waals surface area contributed by atoms with E-state index in [1.807, 2.05) is 24.4 Å². The number of quaternary nitrogens is 1. The van der Waals surface area contributed by atoms with E-state index < -0.39 is 0 Å². The molecular formula is C22H27BrN3+. The Morgan fingerprint density at radius 2 is 1.85 bits per heavy atom. The van der Waals surface area contributed by atoms with Crippen molar-refractivity contribution in [3.8, 4) is 0 Å². The molecule has 0 atom stereocenters. The molecule has 3 nitrogen and oxygen atoms in total. The van der Waals surface area contributed by atoms with Gasteiger partial charge in [0.2, 0.25) is 0 Å². The lowest BCUT2D eigenvalue weighted by atomic mass is 10.1. The molecule has 136 valence electrons. The van der Waals surface area contributed by atoms with Gasteiger partial charge in [0.1, 0.15) is 6.54 Å². The summed E-state index contributed by atoms with van der Waals surface area (Å²) in [5, 5.41) is 6.80. The minimum Gasteiger partial charge on any atom is -0.328 e. The van der Waals surface area contributed by atoms with Gasteiger partial charge in [0, 0.05) is 10.0 Å². The highest BCUT2D eigenvalue weighted by atomic mass is 79.9. The molecule has 2 aromatic rings. The SMILES string of the molecule is Cc1ccc(C[NH+]2CCN(/N=C\C(Br)=C\c3ccccc3)CC2)c(C)c1. The maximum atomic E-state index is 4.63. The fraction of sp³-hybridized carbons (Fsp3) is 0.318. The quantitative estimate of drug-likeness (QED) is 0.745. The number of rotatable bonds is 5. The molecule has 1 fully saturated rings. The number of aryl methyl sites for hydroxylation is 2. The molecule has 0 amide bonds. The van der Waals surface area contributed by atoms with E-state index in [4.69, 9.17) is 0 Å². The first-order valence-electron chi connectivity index (χ1n) is 9.21. The highest BCUT2D eigenvalue weighted by Gasteiger charge is 2.19. The highest BCUT2D eigenvalue weighted by molar-refractivity contribution is 9.12. The summed E-state index contributed by atoms with van der Waals surface area (Å²) in [5.41, 5.74) is 5.40. The normalized spacial score (nSPS) is 16.4. The number of nitrogens with zero attached hydrogens (tertiary/aromatic N) is 2. The number of hydrogen-bond acceptors (Lipinski definition) is 2. The van der Waals surface area contributed by atoms with Gasteiger partial charge in [-0.3, -0.25) is 5.01 Å². The number of halogens is 1. The van der Waals surface area contributed by atoms with Crippen molar-refractivity contribution in [3.63, 3.8) is 0 Å². The third-order valence-corrected chi connectivity index (χ3v) is 5.27. The van der Waals surface area contributed by atoms with Crippen molar-refractivity contribution in [2.45, 2.75) is 20.4 Å². The summed E-state index contributed by atoms with van der Waals surface area (Å²) in [5.74, 6) is 0. The molecule has 0 unspecified atom stereocenters. The summed E-state index contributed by atoms with van der Waals surface area (Å²) in [6, 6.07) is 17.1. The second-order valence-corrected chi connectivity index (χ2v) is 7.91. The molecule has 4 heteroatoms. The Kier molecular flexibility index (Phi) is 6.64. The molecule has 26 heavy (non-hydrogen) atoms. The molecule has 0 bridgehead atoms. The van der Waals surface area contributed by atoms with Crippen LogP contribution in [0.1, 0.15) is 22.3 Å². The summed E-state index contributed by atoms with van der Waals surface area (Å²) in [4.78, 5) is 1.64. The Hall–Kier alpha value is -1.91. The number of nitrogens with one attached hydrogen (secondary N) is 1. The van der Waals surface area contributed by atoms with Gasteiger partial charge in [0.15, 0.2) is 0 Å². The molecule has 1 heterocycles. The Labute approximate surface area is 165 Å². The minimum absolute atomic E-state index is 0.994. The van der Waals surface area contributed by atoms with Gasteiger partial charge in [-0.15, -0.1) is 0 Å². The first-order chi connectivity index (χ1) is 12.6. The molecule has 2 aromatic carbocycles. The fourth-order valence-corrected chi connectivity index (χ4v) is 3.66. The highest BCUT2D eigenvalue weighted by Crippen LogP contribution is 2.11. The first-order valence-corrected chi connectivity index (χ1v) is 10.0. The van der Waals surface area contributed by atoms with E-state index in [0.29, 0.717) is 0 Å². The lowest BCUT2D eigenvalue weighted by Crippen LogP contribution is -3.13. The van der Waals surface area contributed by atoms with E-state index in [1.54, 1.807) is 4.90 Å². The van der Waals surface area contributed by atoms with E-state index in [1.165, 1.54) is 22.3 Å². The van der Waals surface area contributed by atoms with Crippen molar-refractivity contribution in [1.29, 1.82) is 0 Å². The smallest absolute Gasteiger partial charge is 0.103 e. The van der Waals surface area contributed by atoms with Gasteiger partial charge in [-0.1, -0.05) is 54.1 Å². The lowest BCUT2D eigenvalue weighted by Gasteiger charge is -2.30. The predicted octanol–water partition coefficient (Wildman–Crippen LogP) is 3.43. The minimum atomic E-state index is 0.994. The summed E-state index contributed by atoms with van der Waals surface area (Å²) >= 11 is 3.59. The molecule has 0 spiro atoms. The van der Waals surface area contributed by atoms with Crippen LogP contribution in [0.15, 0.2) is 58.1 Å². The van der Waals surface area contributed by atoms with E-state index >= 15 is 0 Å². The van der Waals surface area contributed by atoms with Crippen LogP contribution >= 0.6 is 15.9 Å². The topological polar surface area (TPSA) is 20.0 Å². The Bertz CT molecular complexity index is 775. The zero-order chi connectivity index (χ0) is 18.4. The molecule has 1 saturated heterocycles. The number of hydrazone groups is 1. The van der Waals surface area contributed by atoms with E-state index in [2.05, 4.69) is 76.3 Å². The Balaban J connectivity index is 1.50. The Morgan fingerprint density at radius 1 is 1.12 bits per heavy atom. The molecule has 1 N–H and O–H groups in total. The third-order valence-electron chi connectivity index (χ3n) is 4.83. The van der Waals surface area contributed by atoms with Crippen molar-refractivity contribution >= 4 is 28.2 Å². The molecule has 1 aliphatic rings. The summed E-state index contributed by atoms with van der Waals surface area (Å²) in [6.45, 7) is 9.76. The van der Waals surface area contributed by atoms with Gasteiger partial charge in [0.25, 0.3) is 0 Å². The van der Waals surface area contributed by atoms with Crippen LogP contribution in [0.4, 0.5) is 0 Å². The van der Waals surface area contributed by atoms with Crippen LogP contribution in [0.5, 0.6) is 0 Å². The number of allylic oxidation sites excluding steroid dienone is 1. The van der Waals surface area contributed by atoms with Gasteiger partial charge in [-0.05, 0) is 47.0 Å². The van der Waals surface area contributed by atoms with E-state index in [9.17, 15) is 0 Å². The monoisotopic (exact) mass is 412 g/mol. The van der Waals surface area contributed by atoms with Gasteiger partial charge in [0.05, 0.1) is 32.4 Å². The van der Waals surface area contributed by atoms with Crippen molar-refractivity contribution in [1.82, 2.24) is 5.01 Å². The maximum Gasteiger partial charge on any atom is 0.103 e. The van der Waals surface area contributed by atoms with Crippen molar-refractivity contribution < 1.29 is 4.90 Å². The fourth-order valence-electron chi connectivity index (χ4n) is 3.30. The first kappa shape index (κ1) is 18.9. The van der Waals surface area contributed by atoms with Crippen LogP contribution in [0.2, 0.25) is 0 Å². The van der Waals surface area contributed by atoms with Crippen LogP contribution in [0.3, 0.4) is 0 Å². The van der Waals surface area contributed by atoms with E-state index in [0.717, 1.165) is 37.2 Å². The number of benzene rings is 2. The average Bonchev–Trinajstić information content (AvgIpc) is 2.64. The van der Waals surface area contributed by atoms with Crippen molar-refractivity contribution in [2.75, 3.05) is 26.2 Å².